The Balaban J connectivity index is 1.53. The van der Waals surface area contributed by atoms with E-state index in [0.717, 1.165) is 24.3 Å². The predicted molar refractivity (Wildman–Crippen MR) is 102 cm³/mol. The Bertz CT molecular complexity index is 932. The number of nitrogens with zero attached hydrogens (tertiary/aromatic N) is 1. The van der Waals surface area contributed by atoms with Gasteiger partial charge in [-0.2, -0.15) is 0 Å². The van der Waals surface area contributed by atoms with Crippen LogP contribution in [0.25, 0.3) is 0 Å². The van der Waals surface area contributed by atoms with Gasteiger partial charge in [0.15, 0.2) is 0 Å². The van der Waals surface area contributed by atoms with Crippen molar-refractivity contribution < 1.29 is 23.9 Å². The number of nitrogens with one attached hydrogen (secondary N) is 1. The lowest BCUT2D eigenvalue weighted by Gasteiger charge is -2.14. The zero-order valence-corrected chi connectivity index (χ0v) is 15.4. The number of carbonyl (C=O) groups excluding carboxylic acids is 3. The monoisotopic (exact) mass is 380 g/mol. The summed E-state index contributed by atoms with van der Waals surface area (Å²) < 4.78 is 10.6. The standard InChI is InChI=1S/C21H20N2O5/c1-27-15-7-5-14(6-8-15)23-20(25)17-9-4-13(11-18(17)21(23)26)19(24)22-12-16-3-2-10-28-16/h4-9,11,16H,2-3,10,12H2,1H3,(H,22,24)/t16-/m0/s1. The van der Waals surface area contributed by atoms with Crippen LogP contribution in [0.3, 0.4) is 0 Å². The summed E-state index contributed by atoms with van der Waals surface area (Å²) in [6.45, 7) is 1.15. The Kier molecular flexibility index (Phi) is 4.83. The number of hydrogen-bond acceptors (Lipinski definition) is 5. The third-order valence-electron chi connectivity index (χ3n) is 4.99. The Labute approximate surface area is 162 Å². The molecule has 1 saturated heterocycles. The first-order valence-electron chi connectivity index (χ1n) is 9.15. The molecule has 28 heavy (non-hydrogen) atoms. The van der Waals surface area contributed by atoms with E-state index in [4.69, 9.17) is 9.47 Å². The van der Waals surface area contributed by atoms with Gasteiger partial charge in [-0.1, -0.05) is 0 Å². The maximum absolute atomic E-state index is 12.8. The second kappa shape index (κ2) is 7.44. The molecule has 3 amide bonds. The second-order valence-corrected chi connectivity index (χ2v) is 6.75. The minimum atomic E-state index is -0.445. The van der Waals surface area contributed by atoms with Gasteiger partial charge in [0.25, 0.3) is 17.7 Å². The average molecular weight is 380 g/mol. The molecule has 0 spiro atoms. The van der Waals surface area contributed by atoms with Gasteiger partial charge in [-0.15, -0.1) is 0 Å². The SMILES string of the molecule is COc1ccc(N2C(=O)c3ccc(C(=O)NC[C@@H]4CCCO4)cc3C2=O)cc1. The van der Waals surface area contributed by atoms with Crippen LogP contribution in [-0.2, 0) is 4.74 Å². The molecule has 2 aliphatic heterocycles. The molecule has 7 nitrogen and oxygen atoms in total. The van der Waals surface area contributed by atoms with Crippen LogP contribution in [-0.4, -0.2) is 44.1 Å². The van der Waals surface area contributed by atoms with Crippen molar-refractivity contribution in [2.45, 2.75) is 18.9 Å². The third kappa shape index (κ3) is 3.25. The molecule has 144 valence electrons. The number of anilines is 1. The second-order valence-electron chi connectivity index (χ2n) is 6.75. The highest BCUT2D eigenvalue weighted by Gasteiger charge is 2.37. The van der Waals surface area contributed by atoms with Crippen LogP contribution in [0.5, 0.6) is 5.75 Å². The molecule has 2 aliphatic rings. The van der Waals surface area contributed by atoms with Gasteiger partial charge in [0.2, 0.25) is 0 Å². The average Bonchev–Trinajstić information content (AvgIpc) is 3.33. The number of carbonyl (C=O) groups is 3. The molecule has 7 heteroatoms. The smallest absolute Gasteiger partial charge is 0.266 e. The van der Waals surface area contributed by atoms with Gasteiger partial charge < -0.3 is 14.8 Å². The molecule has 2 aromatic rings. The molecule has 1 N–H and O–H groups in total. The fourth-order valence-corrected chi connectivity index (χ4v) is 3.46. The highest BCUT2D eigenvalue weighted by molar-refractivity contribution is 6.34. The van der Waals surface area contributed by atoms with Crippen molar-refractivity contribution in [2.75, 3.05) is 25.2 Å². The predicted octanol–water partition coefficient (Wildman–Crippen LogP) is 2.40. The van der Waals surface area contributed by atoms with Gasteiger partial charge >= 0.3 is 0 Å². The number of hydrogen-bond donors (Lipinski definition) is 1. The normalized spacial score (nSPS) is 18.3. The van der Waals surface area contributed by atoms with Crippen LogP contribution >= 0.6 is 0 Å². The molecule has 0 radical (unpaired) electrons. The number of methoxy groups -OCH3 is 1. The van der Waals surface area contributed by atoms with Gasteiger partial charge in [-0.3, -0.25) is 14.4 Å². The zero-order valence-electron chi connectivity index (χ0n) is 15.4. The zero-order chi connectivity index (χ0) is 19.7. The molecule has 0 bridgehead atoms. The lowest BCUT2D eigenvalue weighted by Crippen LogP contribution is -2.31. The number of rotatable bonds is 5. The molecule has 2 aromatic carbocycles. The summed E-state index contributed by atoms with van der Waals surface area (Å²) >= 11 is 0. The highest BCUT2D eigenvalue weighted by Crippen LogP contribution is 2.30. The minimum absolute atomic E-state index is 0.0344. The minimum Gasteiger partial charge on any atom is -0.497 e. The van der Waals surface area contributed by atoms with Gasteiger partial charge in [0.05, 0.1) is 30.0 Å². The van der Waals surface area contributed by atoms with Crippen molar-refractivity contribution in [3.8, 4) is 5.75 Å². The Morgan fingerprint density at radius 2 is 1.89 bits per heavy atom. The molecule has 2 heterocycles. The number of amides is 3. The van der Waals surface area contributed by atoms with Gasteiger partial charge in [0, 0.05) is 18.7 Å². The van der Waals surface area contributed by atoms with Crippen LogP contribution in [0, 0.1) is 0 Å². The number of fused-ring (bicyclic) bond motifs is 1. The topological polar surface area (TPSA) is 84.9 Å². The summed E-state index contributed by atoms with van der Waals surface area (Å²) in [6.07, 6.45) is 1.96. The van der Waals surface area contributed by atoms with E-state index in [2.05, 4.69) is 5.32 Å². The van der Waals surface area contributed by atoms with Gasteiger partial charge in [0.1, 0.15) is 5.75 Å². The summed E-state index contributed by atoms with van der Waals surface area (Å²) in [7, 11) is 1.54. The van der Waals surface area contributed by atoms with Crippen molar-refractivity contribution in [2.24, 2.45) is 0 Å². The van der Waals surface area contributed by atoms with Crippen LogP contribution in [0.15, 0.2) is 42.5 Å². The Morgan fingerprint density at radius 3 is 2.57 bits per heavy atom. The molecule has 4 rings (SSSR count). The van der Waals surface area contributed by atoms with E-state index in [9.17, 15) is 14.4 Å². The van der Waals surface area contributed by atoms with E-state index in [0.29, 0.717) is 23.5 Å². The first-order chi connectivity index (χ1) is 13.6. The van der Waals surface area contributed by atoms with Crippen molar-refractivity contribution in [3.05, 3.63) is 59.2 Å². The molecule has 0 saturated carbocycles. The first kappa shape index (κ1) is 18.2. The van der Waals surface area contributed by atoms with E-state index in [1.807, 2.05) is 0 Å². The van der Waals surface area contributed by atoms with Crippen molar-refractivity contribution in [1.82, 2.24) is 5.32 Å². The van der Waals surface area contributed by atoms with E-state index in [-0.39, 0.29) is 23.1 Å². The summed E-state index contributed by atoms with van der Waals surface area (Å²) in [5.41, 5.74) is 1.31. The molecule has 1 fully saturated rings. The van der Waals surface area contributed by atoms with E-state index in [1.54, 1.807) is 37.4 Å². The van der Waals surface area contributed by atoms with Crippen molar-refractivity contribution in [1.29, 1.82) is 0 Å². The fraction of sp³-hybridized carbons (Fsp3) is 0.286. The van der Waals surface area contributed by atoms with E-state index >= 15 is 0 Å². The quantitative estimate of drug-likeness (QED) is 0.805. The van der Waals surface area contributed by atoms with Crippen molar-refractivity contribution in [3.63, 3.8) is 0 Å². The summed E-state index contributed by atoms with van der Waals surface area (Å²) in [6, 6.07) is 11.2. The lowest BCUT2D eigenvalue weighted by molar-refractivity contribution is 0.0857. The maximum atomic E-state index is 12.8. The largest absolute Gasteiger partial charge is 0.497 e. The maximum Gasteiger partial charge on any atom is 0.266 e. The van der Waals surface area contributed by atoms with Crippen LogP contribution in [0.1, 0.15) is 43.9 Å². The summed E-state index contributed by atoms with van der Waals surface area (Å²) in [5.74, 6) is -0.512. The Hall–Kier alpha value is -3.19. The molecular formula is C21H20N2O5. The number of ether oxygens (including phenoxy) is 2. The number of benzene rings is 2. The van der Waals surface area contributed by atoms with Gasteiger partial charge in [-0.05, 0) is 55.3 Å². The molecule has 0 aromatic heterocycles. The van der Waals surface area contributed by atoms with E-state index in [1.165, 1.54) is 12.1 Å². The van der Waals surface area contributed by atoms with Crippen LogP contribution in [0.2, 0.25) is 0 Å². The fourth-order valence-electron chi connectivity index (χ4n) is 3.46. The van der Waals surface area contributed by atoms with Gasteiger partial charge in [-0.25, -0.2) is 4.90 Å². The van der Waals surface area contributed by atoms with E-state index < -0.39 is 11.8 Å². The highest BCUT2D eigenvalue weighted by atomic mass is 16.5. The first-order valence-corrected chi connectivity index (χ1v) is 9.15. The van der Waals surface area contributed by atoms with Crippen molar-refractivity contribution >= 4 is 23.4 Å². The molecule has 0 aliphatic carbocycles. The van der Waals surface area contributed by atoms with Crippen LogP contribution < -0.4 is 15.0 Å². The van der Waals surface area contributed by atoms with Crippen LogP contribution in [0.4, 0.5) is 5.69 Å². The summed E-state index contributed by atoms with van der Waals surface area (Å²) in [4.78, 5) is 39.1. The molecular weight excluding hydrogens is 360 g/mol. The number of imide groups is 1. The third-order valence-corrected chi connectivity index (χ3v) is 4.99. The Morgan fingerprint density at radius 1 is 1.14 bits per heavy atom. The lowest BCUT2D eigenvalue weighted by atomic mass is 10.1. The summed E-state index contributed by atoms with van der Waals surface area (Å²) in [5, 5.41) is 2.83. The molecule has 0 unspecified atom stereocenters. The molecule has 1 atom stereocenters.